The third-order valence-electron chi connectivity index (χ3n) is 6.87. The Morgan fingerprint density at radius 3 is 2.51 bits per heavy atom. The van der Waals surface area contributed by atoms with E-state index in [-0.39, 0.29) is 5.69 Å². The summed E-state index contributed by atoms with van der Waals surface area (Å²) in [4.78, 5) is 13.4. The Morgan fingerprint density at radius 2 is 1.80 bits per heavy atom. The highest BCUT2D eigenvalue weighted by Gasteiger charge is 2.18. The van der Waals surface area contributed by atoms with Crippen LogP contribution in [0, 0.1) is 17.8 Å². The van der Waals surface area contributed by atoms with E-state index in [0.29, 0.717) is 24.7 Å². The van der Waals surface area contributed by atoms with Crippen LogP contribution in [0.1, 0.15) is 50.3 Å². The van der Waals surface area contributed by atoms with Gasteiger partial charge in [-0.2, -0.15) is 5.21 Å². The highest BCUT2D eigenvalue weighted by molar-refractivity contribution is 5.80. The van der Waals surface area contributed by atoms with E-state index >= 15 is 0 Å². The largest absolute Gasteiger partial charge is 0.328 e. The normalized spacial score (nSPS) is 14.0. The van der Waals surface area contributed by atoms with Crippen LogP contribution in [-0.2, 0) is 19.5 Å². The molecular formula is C28H30N6O. The van der Waals surface area contributed by atoms with Gasteiger partial charge in [0, 0.05) is 18.3 Å². The first kappa shape index (κ1) is 22.9. The zero-order valence-electron chi connectivity index (χ0n) is 20.1. The van der Waals surface area contributed by atoms with E-state index in [9.17, 15) is 4.79 Å². The zero-order chi connectivity index (χ0) is 24.0. The molecule has 0 bridgehead atoms. The molecule has 0 amide bonds. The Morgan fingerprint density at radius 1 is 1.03 bits per heavy atom. The van der Waals surface area contributed by atoms with Crippen LogP contribution in [0.15, 0.2) is 59.5 Å². The number of tetrazole rings is 1. The van der Waals surface area contributed by atoms with Crippen molar-refractivity contribution in [2.45, 2.75) is 58.5 Å². The van der Waals surface area contributed by atoms with Gasteiger partial charge in [0.05, 0.1) is 18.7 Å². The van der Waals surface area contributed by atoms with Gasteiger partial charge in [-0.15, -0.1) is 16.1 Å². The molecule has 0 unspecified atom stereocenters. The van der Waals surface area contributed by atoms with Crippen molar-refractivity contribution in [3.63, 3.8) is 0 Å². The highest BCUT2D eigenvalue weighted by Crippen LogP contribution is 2.30. The van der Waals surface area contributed by atoms with E-state index in [1.54, 1.807) is 0 Å². The van der Waals surface area contributed by atoms with Crippen LogP contribution in [0.2, 0.25) is 0 Å². The summed E-state index contributed by atoms with van der Waals surface area (Å²) >= 11 is 0. The van der Waals surface area contributed by atoms with Crippen molar-refractivity contribution in [2.24, 2.45) is 5.92 Å². The second kappa shape index (κ2) is 10.6. The molecule has 7 nitrogen and oxygen atoms in total. The molecule has 0 spiro atoms. The van der Waals surface area contributed by atoms with E-state index in [0.717, 1.165) is 34.5 Å². The van der Waals surface area contributed by atoms with E-state index in [1.165, 1.54) is 32.1 Å². The minimum atomic E-state index is 0.0648. The number of H-pyrrole nitrogens is 1. The van der Waals surface area contributed by atoms with Crippen molar-refractivity contribution in [2.75, 3.05) is 0 Å². The van der Waals surface area contributed by atoms with E-state index < -0.39 is 0 Å². The predicted molar refractivity (Wildman–Crippen MR) is 137 cm³/mol. The lowest BCUT2D eigenvalue weighted by Crippen LogP contribution is -2.28. The number of nitrogens with one attached hydrogen (secondary N) is 1. The molecule has 1 aliphatic rings. The van der Waals surface area contributed by atoms with E-state index in [1.807, 2.05) is 40.5 Å². The third-order valence-corrected chi connectivity index (χ3v) is 6.87. The molecule has 2 heterocycles. The van der Waals surface area contributed by atoms with Crippen molar-refractivity contribution >= 4 is 0 Å². The number of aromatic nitrogens is 6. The van der Waals surface area contributed by atoms with E-state index in [2.05, 4.69) is 62.8 Å². The summed E-state index contributed by atoms with van der Waals surface area (Å²) in [5, 5.41) is 14.5. The molecule has 4 aromatic rings. The van der Waals surface area contributed by atoms with Gasteiger partial charge in [0.2, 0.25) is 5.82 Å². The SMILES string of the molecule is CC#CCc1cn(CC2CCCCC2)c(=O)n1Cc1ccc(-c2ccccc2-c2nn[nH]n2)cc1. The molecule has 7 heteroatoms. The monoisotopic (exact) mass is 466 g/mol. The molecule has 0 radical (unpaired) electrons. The van der Waals surface area contributed by atoms with Gasteiger partial charge in [-0.1, -0.05) is 73.7 Å². The maximum absolute atomic E-state index is 13.4. The number of hydrogen-bond donors (Lipinski definition) is 1. The number of rotatable bonds is 7. The lowest BCUT2D eigenvalue weighted by atomic mass is 9.89. The smallest absolute Gasteiger partial charge is 0.299 e. The van der Waals surface area contributed by atoms with Gasteiger partial charge in [0.25, 0.3) is 0 Å². The summed E-state index contributed by atoms with van der Waals surface area (Å²) in [7, 11) is 0. The molecule has 35 heavy (non-hydrogen) atoms. The highest BCUT2D eigenvalue weighted by atomic mass is 16.1. The topological polar surface area (TPSA) is 81.4 Å². The Labute approximate surface area is 205 Å². The van der Waals surface area contributed by atoms with Crippen LogP contribution >= 0.6 is 0 Å². The summed E-state index contributed by atoms with van der Waals surface area (Å²) in [6.07, 6.45) is 8.91. The Kier molecular flexibility index (Phi) is 6.89. The van der Waals surface area contributed by atoms with E-state index in [4.69, 9.17) is 0 Å². The van der Waals surface area contributed by atoms with Crippen LogP contribution < -0.4 is 5.69 Å². The van der Waals surface area contributed by atoms with Crippen LogP contribution in [0.5, 0.6) is 0 Å². The lowest BCUT2D eigenvalue weighted by Gasteiger charge is -2.21. The van der Waals surface area contributed by atoms with Crippen molar-refractivity contribution < 1.29 is 0 Å². The average molecular weight is 467 g/mol. The molecule has 0 saturated heterocycles. The number of hydrogen-bond acceptors (Lipinski definition) is 4. The summed E-state index contributed by atoms with van der Waals surface area (Å²) in [6, 6.07) is 16.4. The van der Waals surface area contributed by atoms with Gasteiger partial charge < -0.3 is 0 Å². The number of benzene rings is 2. The molecular weight excluding hydrogens is 436 g/mol. The first-order valence-corrected chi connectivity index (χ1v) is 12.3. The lowest BCUT2D eigenvalue weighted by molar-refractivity contribution is 0.315. The predicted octanol–water partition coefficient (Wildman–Crippen LogP) is 4.69. The van der Waals surface area contributed by atoms with Gasteiger partial charge in [-0.05, 0) is 47.6 Å². The molecule has 1 aliphatic carbocycles. The fraction of sp³-hybridized carbons (Fsp3) is 0.357. The van der Waals surface area contributed by atoms with Gasteiger partial charge >= 0.3 is 5.69 Å². The summed E-state index contributed by atoms with van der Waals surface area (Å²) in [6.45, 7) is 3.18. The number of nitrogens with zero attached hydrogens (tertiary/aromatic N) is 5. The molecule has 2 aromatic heterocycles. The zero-order valence-corrected chi connectivity index (χ0v) is 20.1. The van der Waals surface area contributed by atoms with Crippen LogP contribution in [0.25, 0.3) is 22.5 Å². The molecule has 178 valence electrons. The number of aromatic amines is 1. The molecule has 0 atom stereocenters. The van der Waals surface area contributed by atoms with Crippen molar-refractivity contribution in [1.82, 2.24) is 29.8 Å². The number of imidazole rings is 1. The molecule has 5 rings (SSSR count). The first-order valence-electron chi connectivity index (χ1n) is 12.3. The third kappa shape index (κ3) is 5.12. The second-order valence-corrected chi connectivity index (χ2v) is 9.23. The molecule has 1 fully saturated rings. The van der Waals surface area contributed by atoms with Crippen molar-refractivity contribution in [1.29, 1.82) is 0 Å². The Balaban J connectivity index is 1.40. The standard InChI is InChI=1S/C28H30N6O/c1-2-3-11-24-20-33(18-21-9-5-4-6-10-21)28(35)34(24)19-22-14-16-23(17-15-22)25-12-7-8-13-26(25)27-29-31-32-30-27/h7-8,12-17,20-21H,4-6,9-11,18-19H2,1H3,(H,29,30,31,32). The molecule has 1 N–H and O–H groups in total. The Hall–Kier alpha value is -3.92. The quantitative estimate of drug-likeness (QED) is 0.401. The van der Waals surface area contributed by atoms with Crippen LogP contribution in [-0.4, -0.2) is 29.8 Å². The molecule has 0 aliphatic heterocycles. The fourth-order valence-electron chi connectivity index (χ4n) is 5.03. The van der Waals surface area contributed by atoms with Gasteiger partial charge in [-0.3, -0.25) is 9.13 Å². The minimum absolute atomic E-state index is 0.0648. The van der Waals surface area contributed by atoms with Crippen molar-refractivity contribution in [3.8, 4) is 34.4 Å². The second-order valence-electron chi connectivity index (χ2n) is 9.23. The van der Waals surface area contributed by atoms with Gasteiger partial charge in [-0.25, -0.2) is 4.79 Å². The van der Waals surface area contributed by atoms with Gasteiger partial charge in [0.1, 0.15) is 0 Å². The van der Waals surface area contributed by atoms with Crippen molar-refractivity contribution in [3.05, 3.63) is 76.5 Å². The summed E-state index contributed by atoms with van der Waals surface area (Å²) in [5.41, 5.74) is 5.14. The molecule has 2 aromatic carbocycles. The minimum Gasteiger partial charge on any atom is -0.299 e. The maximum Gasteiger partial charge on any atom is 0.328 e. The van der Waals surface area contributed by atoms with Crippen LogP contribution in [0.4, 0.5) is 0 Å². The van der Waals surface area contributed by atoms with Crippen LogP contribution in [0.3, 0.4) is 0 Å². The Bertz CT molecular complexity index is 1380. The summed E-state index contributed by atoms with van der Waals surface area (Å²) < 4.78 is 3.80. The first-order chi connectivity index (χ1) is 17.2. The average Bonchev–Trinajstić information content (AvgIpc) is 3.54. The maximum atomic E-state index is 13.4. The molecule has 1 saturated carbocycles. The van der Waals surface area contributed by atoms with Gasteiger partial charge in [0.15, 0.2) is 0 Å². The fourth-order valence-corrected chi connectivity index (χ4v) is 5.03. The summed E-state index contributed by atoms with van der Waals surface area (Å²) in [5.74, 6) is 7.28.